The molecule has 8 heteroatoms. The Kier molecular flexibility index (Phi) is 7.67. The van der Waals surface area contributed by atoms with Crippen LogP contribution in [0.25, 0.3) is 11.0 Å². The topological polar surface area (TPSA) is 94.8 Å². The van der Waals surface area contributed by atoms with Crippen molar-refractivity contribution in [3.63, 3.8) is 0 Å². The van der Waals surface area contributed by atoms with Gasteiger partial charge in [0.05, 0.1) is 5.02 Å². The lowest BCUT2D eigenvalue weighted by Gasteiger charge is -2.19. The molecular formula is C21H26ClNO6. The number of alkyl carbamates (subject to hydrolysis) is 1. The van der Waals surface area contributed by atoms with Gasteiger partial charge < -0.3 is 19.2 Å². The summed E-state index contributed by atoms with van der Waals surface area (Å²) in [5.74, 6) is -0.272. The zero-order chi connectivity index (χ0) is 21.6. The fraction of sp³-hybridized carbons (Fsp3) is 0.476. The monoisotopic (exact) mass is 423 g/mol. The first-order chi connectivity index (χ1) is 13.5. The molecule has 1 aromatic heterocycles. The second kappa shape index (κ2) is 9.78. The quantitative estimate of drug-likeness (QED) is 0.299. The molecule has 0 spiro atoms. The predicted octanol–water partition coefficient (Wildman–Crippen LogP) is 4.75. The molecule has 0 bridgehead atoms. The molecule has 7 nitrogen and oxygen atoms in total. The van der Waals surface area contributed by atoms with E-state index in [4.69, 9.17) is 25.5 Å². The van der Waals surface area contributed by atoms with Crippen molar-refractivity contribution in [2.75, 3.05) is 6.54 Å². The molecule has 0 unspecified atom stereocenters. The zero-order valence-electron chi connectivity index (χ0n) is 17.1. The number of aryl methyl sites for hydroxylation is 1. The van der Waals surface area contributed by atoms with Gasteiger partial charge in [-0.3, -0.25) is 4.79 Å². The Morgan fingerprint density at radius 2 is 1.86 bits per heavy atom. The summed E-state index contributed by atoms with van der Waals surface area (Å²) in [6.07, 6.45) is 1.81. The average molecular weight is 424 g/mol. The van der Waals surface area contributed by atoms with Gasteiger partial charge in [-0.05, 0) is 52.2 Å². The van der Waals surface area contributed by atoms with Crippen molar-refractivity contribution in [3.8, 4) is 5.75 Å². The van der Waals surface area contributed by atoms with Gasteiger partial charge in [0.1, 0.15) is 11.2 Å². The minimum Gasteiger partial charge on any atom is -0.444 e. The van der Waals surface area contributed by atoms with Gasteiger partial charge >= 0.3 is 17.7 Å². The van der Waals surface area contributed by atoms with Crippen molar-refractivity contribution in [1.82, 2.24) is 5.32 Å². The van der Waals surface area contributed by atoms with Crippen LogP contribution in [-0.4, -0.2) is 24.2 Å². The van der Waals surface area contributed by atoms with E-state index in [0.717, 1.165) is 12.0 Å². The lowest BCUT2D eigenvalue weighted by atomic mass is 10.1. The molecule has 1 heterocycles. The van der Waals surface area contributed by atoms with E-state index in [9.17, 15) is 14.4 Å². The van der Waals surface area contributed by atoms with Gasteiger partial charge in [-0.25, -0.2) is 9.59 Å². The number of carbonyl (C=O) groups is 2. The molecule has 2 rings (SSSR count). The van der Waals surface area contributed by atoms with E-state index in [0.29, 0.717) is 30.4 Å². The predicted molar refractivity (Wildman–Crippen MR) is 111 cm³/mol. The van der Waals surface area contributed by atoms with Crippen molar-refractivity contribution in [2.45, 2.75) is 59.0 Å². The molecule has 0 saturated carbocycles. The van der Waals surface area contributed by atoms with E-state index in [1.54, 1.807) is 33.8 Å². The highest BCUT2D eigenvalue weighted by atomic mass is 35.5. The Morgan fingerprint density at radius 3 is 2.55 bits per heavy atom. The van der Waals surface area contributed by atoms with Crippen LogP contribution in [0.4, 0.5) is 4.79 Å². The molecule has 0 saturated heterocycles. The molecule has 1 aromatic carbocycles. The van der Waals surface area contributed by atoms with Gasteiger partial charge in [0.15, 0.2) is 5.75 Å². The smallest absolute Gasteiger partial charge is 0.407 e. The molecular weight excluding hydrogens is 398 g/mol. The van der Waals surface area contributed by atoms with Crippen molar-refractivity contribution >= 4 is 34.6 Å². The summed E-state index contributed by atoms with van der Waals surface area (Å²) in [6, 6.07) is 4.44. The summed E-state index contributed by atoms with van der Waals surface area (Å²) in [4.78, 5) is 35.1. The number of rotatable bonds is 7. The summed E-state index contributed by atoms with van der Waals surface area (Å²) < 4.78 is 15.6. The highest BCUT2D eigenvalue weighted by molar-refractivity contribution is 6.33. The minimum atomic E-state index is -0.529. The van der Waals surface area contributed by atoms with Crippen LogP contribution in [0, 0.1) is 6.92 Å². The Hall–Kier alpha value is -2.54. The summed E-state index contributed by atoms with van der Waals surface area (Å²) >= 11 is 6.19. The molecule has 0 aliphatic heterocycles. The number of hydrogen-bond acceptors (Lipinski definition) is 6. The second-order valence-electron chi connectivity index (χ2n) is 7.74. The van der Waals surface area contributed by atoms with Crippen LogP contribution in [-0.2, 0) is 9.53 Å². The normalized spacial score (nSPS) is 11.3. The molecule has 0 fully saturated rings. The Bertz CT molecular complexity index is 945. The van der Waals surface area contributed by atoms with Crippen LogP contribution in [0.2, 0.25) is 5.02 Å². The third kappa shape index (κ3) is 7.42. The first-order valence-corrected chi connectivity index (χ1v) is 9.84. The summed E-state index contributed by atoms with van der Waals surface area (Å²) in [7, 11) is 0. The number of esters is 1. The maximum atomic E-state index is 12.1. The highest BCUT2D eigenvalue weighted by Crippen LogP contribution is 2.31. The zero-order valence-corrected chi connectivity index (χ0v) is 17.9. The maximum absolute atomic E-state index is 12.1. The molecule has 0 aliphatic carbocycles. The van der Waals surface area contributed by atoms with Crippen LogP contribution < -0.4 is 15.7 Å². The van der Waals surface area contributed by atoms with Gasteiger partial charge in [-0.15, -0.1) is 0 Å². The van der Waals surface area contributed by atoms with Crippen molar-refractivity contribution < 1.29 is 23.5 Å². The number of ether oxygens (including phenoxy) is 2. The molecule has 1 amide bonds. The van der Waals surface area contributed by atoms with Crippen LogP contribution in [0.1, 0.15) is 52.0 Å². The highest BCUT2D eigenvalue weighted by Gasteiger charge is 2.15. The van der Waals surface area contributed by atoms with Crippen LogP contribution in [0.3, 0.4) is 0 Å². The van der Waals surface area contributed by atoms with Gasteiger partial charge in [-0.1, -0.05) is 18.0 Å². The number of nitrogens with one attached hydrogen (secondary N) is 1. The number of fused-ring (bicyclic) bond motifs is 1. The fourth-order valence-corrected chi connectivity index (χ4v) is 2.85. The Morgan fingerprint density at radius 1 is 1.14 bits per heavy atom. The SMILES string of the molecule is Cc1cc(=O)oc2cc(OC(=O)CCCCCNC(=O)OC(C)(C)C)c(Cl)cc12. The summed E-state index contributed by atoms with van der Waals surface area (Å²) in [5.41, 5.74) is 0.0417. The van der Waals surface area contributed by atoms with Crippen LogP contribution in [0.15, 0.2) is 27.4 Å². The van der Waals surface area contributed by atoms with E-state index in [1.165, 1.54) is 12.1 Å². The number of hydrogen-bond donors (Lipinski definition) is 1. The second-order valence-corrected chi connectivity index (χ2v) is 8.15. The minimum absolute atomic E-state index is 0.157. The Labute approximate surface area is 174 Å². The molecule has 2 aromatic rings. The van der Waals surface area contributed by atoms with Gasteiger partial charge in [0.25, 0.3) is 0 Å². The molecule has 1 N–H and O–H groups in total. The van der Waals surface area contributed by atoms with E-state index in [2.05, 4.69) is 5.32 Å². The van der Waals surface area contributed by atoms with Crippen LogP contribution >= 0.6 is 11.6 Å². The summed E-state index contributed by atoms with van der Waals surface area (Å²) in [6.45, 7) is 7.65. The van der Waals surface area contributed by atoms with E-state index >= 15 is 0 Å². The number of carbonyl (C=O) groups excluding carboxylic acids is 2. The number of amides is 1. The lowest BCUT2D eigenvalue weighted by Crippen LogP contribution is -2.33. The first kappa shape index (κ1) is 22.7. The molecule has 158 valence electrons. The number of halogens is 1. The molecule has 0 atom stereocenters. The van der Waals surface area contributed by atoms with Gasteiger partial charge in [0.2, 0.25) is 0 Å². The van der Waals surface area contributed by atoms with Gasteiger partial charge in [0, 0.05) is 30.5 Å². The van der Waals surface area contributed by atoms with Crippen molar-refractivity contribution in [2.24, 2.45) is 0 Å². The van der Waals surface area contributed by atoms with E-state index in [1.807, 2.05) is 0 Å². The Balaban J connectivity index is 1.78. The van der Waals surface area contributed by atoms with E-state index in [-0.39, 0.29) is 17.2 Å². The number of unbranched alkanes of at least 4 members (excludes halogenated alkanes) is 2. The average Bonchev–Trinajstić information content (AvgIpc) is 2.58. The standard InChI is InChI=1S/C21H26ClNO6/c1-13-10-19(25)27-16-12-17(15(22)11-14(13)16)28-18(24)8-6-5-7-9-23-20(26)29-21(2,3)4/h10-12H,5-9H2,1-4H3,(H,23,26). The fourth-order valence-electron chi connectivity index (χ4n) is 2.65. The van der Waals surface area contributed by atoms with Crippen LogP contribution in [0.5, 0.6) is 5.75 Å². The third-order valence-corrected chi connectivity index (χ3v) is 4.25. The first-order valence-electron chi connectivity index (χ1n) is 9.47. The van der Waals surface area contributed by atoms with Crippen molar-refractivity contribution in [3.05, 3.63) is 39.2 Å². The lowest BCUT2D eigenvalue weighted by molar-refractivity contribution is -0.134. The largest absolute Gasteiger partial charge is 0.444 e. The molecule has 0 radical (unpaired) electrons. The van der Waals surface area contributed by atoms with Crippen molar-refractivity contribution in [1.29, 1.82) is 0 Å². The third-order valence-electron chi connectivity index (χ3n) is 3.95. The molecule has 29 heavy (non-hydrogen) atoms. The summed E-state index contributed by atoms with van der Waals surface area (Å²) in [5, 5.41) is 3.62. The van der Waals surface area contributed by atoms with E-state index < -0.39 is 23.3 Å². The van der Waals surface area contributed by atoms with Gasteiger partial charge in [-0.2, -0.15) is 0 Å². The number of benzene rings is 1. The maximum Gasteiger partial charge on any atom is 0.407 e. The molecule has 0 aliphatic rings.